The number of fused-ring (bicyclic) bond motifs is 1. The van der Waals surface area contributed by atoms with Crippen molar-refractivity contribution >= 4 is 21.1 Å². The Balaban J connectivity index is 1.52. The maximum atomic E-state index is 12.9. The van der Waals surface area contributed by atoms with Crippen molar-refractivity contribution in [3.63, 3.8) is 0 Å². The molecule has 0 radical (unpaired) electrons. The molecule has 0 aliphatic carbocycles. The number of piperidine rings is 1. The van der Waals surface area contributed by atoms with Gasteiger partial charge in [0.05, 0.1) is 16.8 Å². The van der Waals surface area contributed by atoms with Gasteiger partial charge in [0.2, 0.25) is 10.0 Å². The van der Waals surface area contributed by atoms with Crippen molar-refractivity contribution in [2.75, 3.05) is 13.1 Å². The summed E-state index contributed by atoms with van der Waals surface area (Å²) in [6, 6.07) is 15.6. The zero-order valence-corrected chi connectivity index (χ0v) is 15.7. The van der Waals surface area contributed by atoms with Crippen LogP contribution in [0.25, 0.3) is 11.0 Å². The summed E-state index contributed by atoms with van der Waals surface area (Å²) in [6.07, 6.45) is 1.81. The second kappa shape index (κ2) is 6.85. The SMILES string of the molecule is Cc1ccc(CS(=O)(=O)N2CCCC(c3nc4ccccc4[nH]3)C2)cc1. The average molecular weight is 369 g/mol. The lowest BCUT2D eigenvalue weighted by molar-refractivity contribution is 0.310. The minimum Gasteiger partial charge on any atom is -0.342 e. The predicted molar refractivity (Wildman–Crippen MR) is 103 cm³/mol. The fraction of sp³-hybridized carbons (Fsp3) is 0.350. The first kappa shape index (κ1) is 17.2. The van der Waals surface area contributed by atoms with E-state index in [1.54, 1.807) is 4.31 Å². The lowest BCUT2D eigenvalue weighted by Crippen LogP contribution is -2.40. The number of hydrogen-bond acceptors (Lipinski definition) is 3. The fourth-order valence-electron chi connectivity index (χ4n) is 3.57. The molecule has 1 N–H and O–H groups in total. The summed E-state index contributed by atoms with van der Waals surface area (Å²) >= 11 is 0. The Morgan fingerprint density at radius 3 is 2.69 bits per heavy atom. The smallest absolute Gasteiger partial charge is 0.218 e. The van der Waals surface area contributed by atoms with Crippen LogP contribution in [0.5, 0.6) is 0 Å². The second-order valence-corrected chi connectivity index (χ2v) is 9.05. The molecule has 1 aliphatic heterocycles. The highest BCUT2D eigenvalue weighted by molar-refractivity contribution is 7.88. The quantitative estimate of drug-likeness (QED) is 0.764. The maximum absolute atomic E-state index is 12.9. The van der Waals surface area contributed by atoms with Gasteiger partial charge in [-0.05, 0) is 37.5 Å². The monoisotopic (exact) mass is 369 g/mol. The standard InChI is InChI=1S/C20H23N3O2S/c1-15-8-10-16(11-9-15)14-26(24,25)23-12-4-5-17(13-23)20-21-18-6-2-3-7-19(18)22-20/h2-3,6-11,17H,4-5,12-14H2,1H3,(H,21,22). The average Bonchev–Trinajstić information content (AvgIpc) is 3.08. The van der Waals surface area contributed by atoms with Gasteiger partial charge in [-0.25, -0.2) is 17.7 Å². The van der Waals surface area contributed by atoms with Gasteiger partial charge in [-0.3, -0.25) is 0 Å². The van der Waals surface area contributed by atoms with E-state index in [9.17, 15) is 8.42 Å². The van der Waals surface area contributed by atoms with E-state index in [0.717, 1.165) is 40.8 Å². The molecule has 0 amide bonds. The summed E-state index contributed by atoms with van der Waals surface area (Å²) in [4.78, 5) is 8.03. The van der Waals surface area contributed by atoms with Crippen molar-refractivity contribution in [1.82, 2.24) is 14.3 Å². The molecule has 2 aromatic carbocycles. The Labute approximate surface area is 154 Å². The first-order chi connectivity index (χ1) is 12.5. The number of imidazole rings is 1. The number of sulfonamides is 1. The Morgan fingerprint density at radius 2 is 1.92 bits per heavy atom. The lowest BCUT2D eigenvalue weighted by atomic mass is 9.99. The molecular formula is C20H23N3O2S. The maximum Gasteiger partial charge on any atom is 0.218 e. The van der Waals surface area contributed by atoms with Crippen LogP contribution in [0.3, 0.4) is 0 Å². The van der Waals surface area contributed by atoms with Gasteiger partial charge in [-0.15, -0.1) is 0 Å². The molecule has 0 saturated carbocycles. The van der Waals surface area contributed by atoms with Crippen molar-refractivity contribution in [3.05, 3.63) is 65.5 Å². The van der Waals surface area contributed by atoms with E-state index in [0.29, 0.717) is 13.1 Å². The number of benzene rings is 2. The van der Waals surface area contributed by atoms with Crippen LogP contribution in [-0.2, 0) is 15.8 Å². The van der Waals surface area contributed by atoms with Gasteiger partial charge in [0, 0.05) is 19.0 Å². The summed E-state index contributed by atoms with van der Waals surface area (Å²) in [7, 11) is -3.33. The van der Waals surface area contributed by atoms with Gasteiger partial charge < -0.3 is 4.98 Å². The van der Waals surface area contributed by atoms with Crippen LogP contribution in [0.4, 0.5) is 0 Å². The number of aryl methyl sites for hydroxylation is 1. The highest BCUT2D eigenvalue weighted by atomic mass is 32.2. The summed E-state index contributed by atoms with van der Waals surface area (Å²) in [5.41, 5.74) is 3.90. The van der Waals surface area contributed by atoms with Crippen LogP contribution >= 0.6 is 0 Å². The van der Waals surface area contributed by atoms with E-state index in [2.05, 4.69) is 9.97 Å². The van der Waals surface area contributed by atoms with E-state index in [1.807, 2.05) is 55.5 Å². The van der Waals surface area contributed by atoms with E-state index in [1.165, 1.54) is 0 Å². The highest BCUT2D eigenvalue weighted by Gasteiger charge is 2.31. The number of rotatable bonds is 4. The van der Waals surface area contributed by atoms with Crippen LogP contribution in [-0.4, -0.2) is 35.8 Å². The molecule has 1 unspecified atom stereocenters. The third-order valence-electron chi connectivity index (χ3n) is 5.04. The molecule has 1 fully saturated rings. The first-order valence-electron chi connectivity index (χ1n) is 8.99. The summed E-state index contributed by atoms with van der Waals surface area (Å²) < 4.78 is 27.4. The Bertz CT molecular complexity index is 976. The van der Waals surface area contributed by atoms with Crippen LogP contribution < -0.4 is 0 Å². The number of H-pyrrole nitrogens is 1. The van der Waals surface area contributed by atoms with Gasteiger partial charge in [-0.2, -0.15) is 0 Å². The molecular weight excluding hydrogens is 346 g/mol. The van der Waals surface area contributed by atoms with E-state index < -0.39 is 10.0 Å². The number of nitrogens with zero attached hydrogens (tertiary/aromatic N) is 2. The van der Waals surface area contributed by atoms with Crippen LogP contribution in [0, 0.1) is 6.92 Å². The minimum atomic E-state index is -3.33. The van der Waals surface area contributed by atoms with Crippen molar-refractivity contribution in [3.8, 4) is 0 Å². The van der Waals surface area contributed by atoms with Crippen LogP contribution in [0.1, 0.15) is 35.7 Å². The molecule has 1 saturated heterocycles. The van der Waals surface area contributed by atoms with Gasteiger partial charge in [0.1, 0.15) is 5.82 Å². The number of para-hydroxylation sites is 2. The van der Waals surface area contributed by atoms with Crippen molar-refractivity contribution in [2.45, 2.75) is 31.4 Å². The van der Waals surface area contributed by atoms with Gasteiger partial charge in [0.15, 0.2) is 0 Å². The molecule has 0 bridgehead atoms. The summed E-state index contributed by atoms with van der Waals surface area (Å²) in [5, 5.41) is 0. The number of nitrogens with one attached hydrogen (secondary N) is 1. The fourth-order valence-corrected chi connectivity index (χ4v) is 5.18. The molecule has 1 aliphatic rings. The van der Waals surface area contributed by atoms with Crippen molar-refractivity contribution in [1.29, 1.82) is 0 Å². The van der Waals surface area contributed by atoms with Gasteiger partial charge in [-0.1, -0.05) is 42.0 Å². The van der Waals surface area contributed by atoms with Crippen LogP contribution in [0.2, 0.25) is 0 Å². The van der Waals surface area contributed by atoms with Crippen molar-refractivity contribution in [2.24, 2.45) is 0 Å². The second-order valence-electron chi connectivity index (χ2n) is 7.08. The molecule has 5 nitrogen and oxygen atoms in total. The molecule has 3 aromatic rings. The molecule has 1 aromatic heterocycles. The lowest BCUT2D eigenvalue weighted by Gasteiger charge is -2.31. The molecule has 1 atom stereocenters. The molecule has 26 heavy (non-hydrogen) atoms. The molecule has 0 spiro atoms. The Kier molecular flexibility index (Phi) is 4.54. The number of aromatic nitrogens is 2. The first-order valence-corrected chi connectivity index (χ1v) is 10.6. The third kappa shape index (κ3) is 3.52. The molecule has 2 heterocycles. The van der Waals surface area contributed by atoms with E-state index >= 15 is 0 Å². The summed E-state index contributed by atoms with van der Waals surface area (Å²) in [5.74, 6) is 1.06. The summed E-state index contributed by atoms with van der Waals surface area (Å²) in [6.45, 7) is 3.08. The number of aromatic amines is 1. The minimum absolute atomic E-state index is 0.0557. The molecule has 4 rings (SSSR count). The Hall–Kier alpha value is -2.18. The zero-order valence-electron chi connectivity index (χ0n) is 14.9. The van der Waals surface area contributed by atoms with Crippen LogP contribution in [0.15, 0.2) is 48.5 Å². The Morgan fingerprint density at radius 1 is 1.15 bits per heavy atom. The normalized spacial score (nSPS) is 19.0. The largest absolute Gasteiger partial charge is 0.342 e. The zero-order chi connectivity index (χ0) is 18.1. The van der Waals surface area contributed by atoms with Gasteiger partial charge >= 0.3 is 0 Å². The highest BCUT2D eigenvalue weighted by Crippen LogP contribution is 2.29. The molecule has 136 valence electrons. The predicted octanol–water partition coefficient (Wildman–Crippen LogP) is 3.58. The third-order valence-corrected chi connectivity index (χ3v) is 6.86. The topological polar surface area (TPSA) is 66.1 Å². The van der Waals surface area contributed by atoms with Gasteiger partial charge in [0.25, 0.3) is 0 Å². The van der Waals surface area contributed by atoms with E-state index in [4.69, 9.17) is 0 Å². The number of hydrogen-bond donors (Lipinski definition) is 1. The molecule has 6 heteroatoms. The van der Waals surface area contributed by atoms with Crippen molar-refractivity contribution < 1.29 is 8.42 Å². The van der Waals surface area contributed by atoms with E-state index in [-0.39, 0.29) is 11.7 Å².